The number of carbonyl (C=O) groups is 1. The first-order valence-corrected chi connectivity index (χ1v) is 5.72. The summed E-state index contributed by atoms with van der Waals surface area (Å²) in [6.07, 6.45) is 3.95. The van der Waals surface area contributed by atoms with Crippen LogP contribution in [-0.4, -0.2) is 25.4 Å². The lowest BCUT2D eigenvalue weighted by Crippen LogP contribution is -2.07. The molecule has 1 aromatic carbocycles. The molecule has 0 spiro atoms. The summed E-state index contributed by atoms with van der Waals surface area (Å²) in [5, 5.41) is 0.859. The third kappa shape index (κ3) is 2.12. The lowest BCUT2D eigenvalue weighted by Gasteiger charge is -2.11. The fourth-order valence-corrected chi connectivity index (χ4v) is 2.32. The molecule has 0 unspecified atom stereocenters. The lowest BCUT2D eigenvalue weighted by molar-refractivity contribution is -0.104. The molecule has 16 heavy (non-hydrogen) atoms. The second kappa shape index (κ2) is 4.45. The zero-order valence-electron chi connectivity index (χ0n) is 9.18. The molecule has 1 heterocycles. The number of nitrogens with zero attached hydrogens (tertiary/aromatic N) is 2. The van der Waals surface area contributed by atoms with Crippen molar-refractivity contribution in [1.82, 2.24) is 4.98 Å². The minimum atomic E-state index is 0.761. The summed E-state index contributed by atoms with van der Waals surface area (Å²) < 4.78 is 1.14. The van der Waals surface area contributed by atoms with E-state index in [4.69, 9.17) is 0 Å². The van der Waals surface area contributed by atoms with E-state index in [1.165, 1.54) is 6.08 Å². The number of benzene rings is 1. The smallest absolute Gasteiger partial charge is 0.142 e. The van der Waals surface area contributed by atoms with Gasteiger partial charge >= 0.3 is 0 Å². The van der Waals surface area contributed by atoms with Gasteiger partial charge in [-0.25, -0.2) is 4.98 Å². The highest BCUT2D eigenvalue weighted by Crippen LogP contribution is 2.26. The van der Waals surface area contributed by atoms with E-state index in [0.29, 0.717) is 0 Å². The number of aldehydes is 1. The minimum Gasteiger partial charge on any atom is -0.378 e. The molecule has 3 nitrogen and oxygen atoms in total. The zero-order valence-corrected chi connectivity index (χ0v) is 9.99. The first kappa shape index (κ1) is 10.8. The Balaban J connectivity index is 2.45. The Morgan fingerprint density at radius 3 is 2.88 bits per heavy atom. The number of anilines is 1. The van der Waals surface area contributed by atoms with Crippen molar-refractivity contribution in [3.63, 3.8) is 0 Å². The number of allylic oxidation sites excluding steroid dienone is 1. The Bertz CT molecular complexity index is 543. The second-order valence-electron chi connectivity index (χ2n) is 3.59. The maximum atomic E-state index is 10.2. The molecule has 2 rings (SSSR count). The van der Waals surface area contributed by atoms with Gasteiger partial charge in [-0.3, -0.25) is 4.79 Å². The summed E-state index contributed by atoms with van der Waals surface area (Å²) in [7, 11) is 4.02. The van der Waals surface area contributed by atoms with Gasteiger partial charge < -0.3 is 4.90 Å². The van der Waals surface area contributed by atoms with Crippen LogP contribution in [0.5, 0.6) is 0 Å². The van der Waals surface area contributed by atoms with Gasteiger partial charge in [0.25, 0.3) is 0 Å². The number of carbonyl (C=O) groups excluding carboxylic acids is 1. The SMILES string of the molecule is CN(C)c1ccc2nc(C=CC=O)sc2c1. The van der Waals surface area contributed by atoms with Gasteiger partial charge in [-0.05, 0) is 30.4 Å². The van der Waals surface area contributed by atoms with Gasteiger partial charge in [0.15, 0.2) is 0 Å². The molecule has 0 aliphatic carbocycles. The summed E-state index contributed by atoms with van der Waals surface area (Å²) >= 11 is 1.59. The molecule has 2 aromatic rings. The van der Waals surface area contributed by atoms with Crippen molar-refractivity contribution < 1.29 is 4.79 Å². The highest BCUT2D eigenvalue weighted by Gasteiger charge is 2.03. The van der Waals surface area contributed by atoms with Crippen LogP contribution in [-0.2, 0) is 4.79 Å². The second-order valence-corrected chi connectivity index (χ2v) is 4.66. The largest absolute Gasteiger partial charge is 0.378 e. The van der Waals surface area contributed by atoms with Crippen molar-refractivity contribution in [2.45, 2.75) is 0 Å². The van der Waals surface area contributed by atoms with Crippen LogP contribution in [0, 0.1) is 0 Å². The zero-order chi connectivity index (χ0) is 11.5. The number of hydrogen-bond donors (Lipinski definition) is 0. The third-order valence-electron chi connectivity index (χ3n) is 2.22. The molecule has 0 fully saturated rings. The van der Waals surface area contributed by atoms with Gasteiger partial charge in [0.2, 0.25) is 0 Å². The maximum Gasteiger partial charge on any atom is 0.142 e. The standard InChI is InChI=1S/C12H12N2OS/c1-14(2)9-5-6-10-11(8-9)16-12(13-10)4-3-7-15/h3-8H,1-2H3. The molecule has 0 aliphatic heterocycles. The monoisotopic (exact) mass is 232 g/mol. The number of thiazole rings is 1. The van der Waals surface area contributed by atoms with Crippen molar-refractivity contribution in [2.24, 2.45) is 0 Å². The third-order valence-corrected chi connectivity index (χ3v) is 3.21. The Hall–Kier alpha value is -1.68. The molecule has 82 valence electrons. The van der Waals surface area contributed by atoms with E-state index in [2.05, 4.69) is 16.0 Å². The van der Waals surface area contributed by atoms with Crippen LogP contribution < -0.4 is 4.90 Å². The first-order valence-electron chi connectivity index (χ1n) is 4.90. The normalized spacial score (nSPS) is 11.1. The van der Waals surface area contributed by atoms with Crippen molar-refractivity contribution >= 4 is 39.6 Å². The number of fused-ring (bicyclic) bond motifs is 1. The Labute approximate surface area is 98.0 Å². The lowest BCUT2D eigenvalue weighted by atomic mass is 10.3. The molecular formula is C12H12N2OS. The van der Waals surface area contributed by atoms with Crippen LogP contribution in [0.1, 0.15) is 5.01 Å². The summed E-state index contributed by atoms with van der Waals surface area (Å²) in [6, 6.07) is 6.14. The molecule has 0 bridgehead atoms. The quantitative estimate of drug-likeness (QED) is 0.602. The summed E-state index contributed by atoms with van der Waals surface area (Å²) in [5.74, 6) is 0. The number of aromatic nitrogens is 1. The van der Waals surface area contributed by atoms with Gasteiger partial charge in [-0.1, -0.05) is 0 Å². The predicted molar refractivity (Wildman–Crippen MR) is 69.0 cm³/mol. The van der Waals surface area contributed by atoms with Crippen molar-refractivity contribution in [3.8, 4) is 0 Å². The molecule has 0 aliphatic rings. The summed E-state index contributed by atoms with van der Waals surface area (Å²) in [6.45, 7) is 0. The van der Waals surface area contributed by atoms with E-state index in [1.807, 2.05) is 26.2 Å². The van der Waals surface area contributed by atoms with Crippen LogP contribution in [0.4, 0.5) is 5.69 Å². The van der Waals surface area contributed by atoms with Gasteiger partial charge in [0.1, 0.15) is 11.3 Å². The topological polar surface area (TPSA) is 33.2 Å². The van der Waals surface area contributed by atoms with E-state index < -0.39 is 0 Å². The molecule has 0 N–H and O–H groups in total. The van der Waals surface area contributed by atoms with Gasteiger partial charge in [-0.15, -0.1) is 11.3 Å². The van der Waals surface area contributed by atoms with Crippen molar-refractivity contribution in [1.29, 1.82) is 0 Å². The van der Waals surface area contributed by atoms with Crippen LogP contribution >= 0.6 is 11.3 Å². The van der Waals surface area contributed by atoms with E-state index in [-0.39, 0.29) is 0 Å². The summed E-state index contributed by atoms with van der Waals surface area (Å²) in [4.78, 5) is 16.7. The average Bonchev–Trinajstić information content (AvgIpc) is 2.67. The minimum absolute atomic E-state index is 0.761. The Kier molecular flexibility index (Phi) is 3.01. The molecule has 0 atom stereocenters. The maximum absolute atomic E-state index is 10.2. The van der Waals surface area contributed by atoms with Gasteiger partial charge in [0, 0.05) is 19.8 Å². The number of rotatable bonds is 3. The van der Waals surface area contributed by atoms with Gasteiger partial charge in [-0.2, -0.15) is 0 Å². The molecule has 4 heteroatoms. The van der Waals surface area contributed by atoms with Crippen LogP contribution in [0.3, 0.4) is 0 Å². The summed E-state index contributed by atoms with van der Waals surface area (Å²) in [5.41, 5.74) is 2.13. The molecule has 0 radical (unpaired) electrons. The molecule has 0 saturated carbocycles. The predicted octanol–water partition coefficient (Wildman–Crippen LogP) is 2.57. The molecule has 0 amide bonds. The molecular weight excluding hydrogens is 220 g/mol. The van der Waals surface area contributed by atoms with Crippen molar-refractivity contribution in [2.75, 3.05) is 19.0 Å². The van der Waals surface area contributed by atoms with E-state index >= 15 is 0 Å². The molecule has 1 aromatic heterocycles. The highest BCUT2D eigenvalue weighted by atomic mass is 32.1. The first-order chi connectivity index (χ1) is 7.70. The highest BCUT2D eigenvalue weighted by molar-refractivity contribution is 7.19. The van der Waals surface area contributed by atoms with E-state index in [0.717, 1.165) is 27.2 Å². The number of hydrogen-bond acceptors (Lipinski definition) is 4. The average molecular weight is 232 g/mol. The fraction of sp³-hybridized carbons (Fsp3) is 0.167. The molecule has 0 saturated heterocycles. The van der Waals surface area contributed by atoms with Crippen LogP contribution in [0.25, 0.3) is 16.3 Å². The van der Waals surface area contributed by atoms with E-state index in [1.54, 1.807) is 17.4 Å². The Morgan fingerprint density at radius 1 is 1.38 bits per heavy atom. The van der Waals surface area contributed by atoms with Crippen molar-refractivity contribution in [3.05, 3.63) is 29.3 Å². The van der Waals surface area contributed by atoms with Gasteiger partial charge in [0.05, 0.1) is 10.2 Å². The Morgan fingerprint density at radius 2 is 2.19 bits per heavy atom. The van der Waals surface area contributed by atoms with Crippen LogP contribution in [0.15, 0.2) is 24.3 Å². The van der Waals surface area contributed by atoms with Crippen LogP contribution in [0.2, 0.25) is 0 Å². The van der Waals surface area contributed by atoms with E-state index in [9.17, 15) is 4.79 Å². The fourth-order valence-electron chi connectivity index (χ4n) is 1.40.